The molecule has 2 atom stereocenters. The van der Waals surface area contributed by atoms with Crippen LogP contribution in [-0.4, -0.2) is 39.5 Å². The number of sulfonamides is 1. The normalized spacial score (nSPS) is 23.1. The summed E-state index contributed by atoms with van der Waals surface area (Å²) < 4.78 is 26.9. The minimum atomic E-state index is -3.30. The number of piperidine rings is 1. The highest BCUT2D eigenvalue weighted by molar-refractivity contribution is 7.88. The van der Waals surface area contributed by atoms with Crippen LogP contribution in [0.5, 0.6) is 0 Å². The van der Waals surface area contributed by atoms with Crippen molar-refractivity contribution in [2.24, 2.45) is 11.8 Å². The molecule has 4 nitrogen and oxygen atoms in total. The van der Waals surface area contributed by atoms with Gasteiger partial charge < -0.3 is 4.90 Å². The van der Waals surface area contributed by atoms with Crippen LogP contribution < -0.4 is 4.72 Å². The van der Waals surface area contributed by atoms with Gasteiger partial charge in [0.25, 0.3) is 0 Å². The zero-order valence-electron chi connectivity index (χ0n) is 14.0. The first-order valence-electron chi connectivity index (χ1n) is 8.28. The van der Waals surface area contributed by atoms with Crippen LogP contribution in [-0.2, 0) is 15.8 Å². The van der Waals surface area contributed by atoms with Crippen LogP contribution >= 0.6 is 11.6 Å². The van der Waals surface area contributed by atoms with E-state index in [-0.39, 0.29) is 5.75 Å². The van der Waals surface area contributed by atoms with Crippen molar-refractivity contribution in [3.63, 3.8) is 0 Å². The van der Waals surface area contributed by atoms with Crippen LogP contribution in [0.2, 0.25) is 5.02 Å². The Morgan fingerprint density at radius 1 is 1.26 bits per heavy atom. The minimum Gasteiger partial charge on any atom is -0.303 e. The molecule has 1 aliphatic rings. The Labute approximate surface area is 145 Å². The first-order chi connectivity index (χ1) is 10.8. The fraction of sp³-hybridized carbons (Fsp3) is 0.647. The van der Waals surface area contributed by atoms with E-state index in [9.17, 15) is 8.42 Å². The fourth-order valence-electron chi connectivity index (χ4n) is 3.40. The number of benzene rings is 1. The van der Waals surface area contributed by atoms with Crippen LogP contribution in [0.3, 0.4) is 0 Å². The smallest absolute Gasteiger partial charge is 0.215 e. The maximum absolute atomic E-state index is 12.1. The third kappa shape index (κ3) is 6.79. The van der Waals surface area contributed by atoms with Gasteiger partial charge in [0.1, 0.15) is 0 Å². The summed E-state index contributed by atoms with van der Waals surface area (Å²) >= 11 is 5.89. The Balaban J connectivity index is 1.72. The zero-order valence-corrected chi connectivity index (χ0v) is 15.5. The second kappa shape index (κ2) is 8.47. The van der Waals surface area contributed by atoms with Crippen molar-refractivity contribution in [3.05, 3.63) is 34.9 Å². The summed E-state index contributed by atoms with van der Waals surface area (Å²) in [5, 5.41) is 0.561. The Bertz CT molecular complexity index is 596. The predicted molar refractivity (Wildman–Crippen MR) is 96.1 cm³/mol. The first-order valence-corrected chi connectivity index (χ1v) is 10.3. The molecule has 1 aliphatic heterocycles. The second-order valence-electron chi connectivity index (χ2n) is 6.84. The van der Waals surface area contributed by atoms with E-state index in [0.29, 0.717) is 17.1 Å². The molecule has 2 rings (SSSR count). The molecular formula is C17H27ClN2O2S. The number of nitrogens with one attached hydrogen (secondary N) is 1. The SMILES string of the molecule is C[C@@H]1C[C@H](C)CN(CCCNS(=O)(=O)Cc2cccc(Cl)c2)C1. The molecule has 6 heteroatoms. The molecule has 130 valence electrons. The number of hydrogen-bond acceptors (Lipinski definition) is 3. The number of halogens is 1. The van der Waals surface area contributed by atoms with E-state index in [1.165, 1.54) is 6.42 Å². The van der Waals surface area contributed by atoms with Gasteiger partial charge in [-0.25, -0.2) is 13.1 Å². The largest absolute Gasteiger partial charge is 0.303 e. The average Bonchev–Trinajstić information content (AvgIpc) is 2.42. The topological polar surface area (TPSA) is 49.4 Å². The van der Waals surface area contributed by atoms with E-state index in [4.69, 9.17) is 11.6 Å². The van der Waals surface area contributed by atoms with Gasteiger partial charge in [-0.15, -0.1) is 0 Å². The summed E-state index contributed by atoms with van der Waals surface area (Å²) in [4.78, 5) is 2.45. The standard InChI is InChI=1S/C17H27ClN2O2S/c1-14-9-15(2)12-20(11-14)8-4-7-19-23(21,22)13-16-5-3-6-17(18)10-16/h3,5-6,10,14-15,19H,4,7-9,11-13H2,1-2H3/t14-,15+. The minimum absolute atomic E-state index is 0.0225. The van der Waals surface area contributed by atoms with Crippen molar-refractivity contribution in [2.45, 2.75) is 32.4 Å². The maximum Gasteiger partial charge on any atom is 0.215 e. The molecule has 23 heavy (non-hydrogen) atoms. The summed E-state index contributed by atoms with van der Waals surface area (Å²) in [7, 11) is -3.30. The van der Waals surface area contributed by atoms with Crippen molar-refractivity contribution < 1.29 is 8.42 Å². The number of nitrogens with zero attached hydrogens (tertiary/aromatic N) is 1. The molecular weight excluding hydrogens is 332 g/mol. The van der Waals surface area contributed by atoms with Crippen LogP contribution in [0.1, 0.15) is 32.3 Å². The molecule has 1 N–H and O–H groups in total. The molecule has 1 saturated heterocycles. The summed E-state index contributed by atoms with van der Waals surface area (Å²) in [5.74, 6) is 1.45. The molecule has 1 heterocycles. The quantitative estimate of drug-likeness (QED) is 0.762. The van der Waals surface area contributed by atoms with Crippen molar-refractivity contribution in [1.29, 1.82) is 0 Å². The van der Waals surface area contributed by atoms with E-state index in [1.54, 1.807) is 24.3 Å². The van der Waals surface area contributed by atoms with Crippen LogP contribution in [0.15, 0.2) is 24.3 Å². The van der Waals surface area contributed by atoms with Gasteiger partial charge in [-0.05, 0) is 48.9 Å². The van der Waals surface area contributed by atoms with Gasteiger partial charge in [0.15, 0.2) is 0 Å². The summed E-state index contributed by atoms with van der Waals surface area (Å²) in [6.07, 6.45) is 2.14. The lowest BCUT2D eigenvalue weighted by Crippen LogP contribution is -2.40. The van der Waals surface area contributed by atoms with Crippen molar-refractivity contribution in [1.82, 2.24) is 9.62 Å². The molecule has 0 radical (unpaired) electrons. The van der Waals surface area contributed by atoms with Gasteiger partial charge in [0.2, 0.25) is 10.0 Å². The van der Waals surface area contributed by atoms with Crippen LogP contribution in [0.25, 0.3) is 0 Å². The lowest BCUT2D eigenvalue weighted by molar-refractivity contribution is 0.140. The number of rotatable bonds is 7. The highest BCUT2D eigenvalue weighted by atomic mass is 35.5. The maximum atomic E-state index is 12.1. The zero-order chi connectivity index (χ0) is 16.9. The lowest BCUT2D eigenvalue weighted by Gasteiger charge is -2.34. The molecule has 0 unspecified atom stereocenters. The van der Waals surface area contributed by atoms with Gasteiger partial charge in [-0.1, -0.05) is 37.6 Å². The molecule has 1 aromatic carbocycles. The summed E-state index contributed by atoms with van der Waals surface area (Å²) in [5.41, 5.74) is 0.712. The fourth-order valence-corrected chi connectivity index (χ4v) is 4.79. The predicted octanol–water partition coefficient (Wildman–Crippen LogP) is 3.13. The molecule has 1 aromatic rings. The third-order valence-electron chi connectivity index (χ3n) is 4.16. The first kappa shape index (κ1) is 18.7. The Hall–Kier alpha value is -0.620. The lowest BCUT2D eigenvalue weighted by atomic mass is 9.92. The van der Waals surface area contributed by atoms with Gasteiger partial charge in [-0.2, -0.15) is 0 Å². The molecule has 0 spiro atoms. The molecule has 0 aromatic heterocycles. The second-order valence-corrected chi connectivity index (χ2v) is 9.09. The number of hydrogen-bond donors (Lipinski definition) is 1. The van der Waals surface area contributed by atoms with E-state index in [2.05, 4.69) is 23.5 Å². The Morgan fingerprint density at radius 3 is 2.61 bits per heavy atom. The Kier molecular flexibility index (Phi) is 6.89. The highest BCUT2D eigenvalue weighted by Gasteiger charge is 2.21. The van der Waals surface area contributed by atoms with Crippen LogP contribution in [0.4, 0.5) is 0 Å². The van der Waals surface area contributed by atoms with Crippen molar-refractivity contribution in [2.75, 3.05) is 26.2 Å². The van der Waals surface area contributed by atoms with Gasteiger partial charge in [0.05, 0.1) is 5.75 Å². The summed E-state index contributed by atoms with van der Waals surface area (Å²) in [6.45, 7) is 8.27. The van der Waals surface area contributed by atoms with E-state index in [1.807, 2.05) is 0 Å². The third-order valence-corrected chi connectivity index (χ3v) is 5.76. The van der Waals surface area contributed by atoms with Gasteiger partial charge >= 0.3 is 0 Å². The molecule has 0 amide bonds. The van der Waals surface area contributed by atoms with E-state index < -0.39 is 10.0 Å². The van der Waals surface area contributed by atoms with E-state index >= 15 is 0 Å². The molecule has 0 aliphatic carbocycles. The molecule has 0 bridgehead atoms. The van der Waals surface area contributed by atoms with Gasteiger partial charge in [-0.3, -0.25) is 0 Å². The molecule has 1 fully saturated rings. The number of likely N-dealkylation sites (tertiary alicyclic amines) is 1. The van der Waals surface area contributed by atoms with Crippen molar-refractivity contribution >= 4 is 21.6 Å². The Morgan fingerprint density at radius 2 is 1.96 bits per heavy atom. The summed E-state index contributed by atoms with van der Waals surface area (Å²) in [6, 6.07) is 6.98. The monoisotopic (exact) mass is 358 g/mol. The molecule has 0 saturated carbocycles. The van der Waals surface area contributed by atoms with Crippen molar-refractivity contribution in [3.8, 4) is 0 Å². The van der Waals surface area contributed by atoms with Gasteiger partial charge in [0, 0.05) is 24.7 Å². The highest BCUT2D eigenvalue weighted by Crippen LogP contribution is 2.20. The average molecular weight is 359 g/mol. The van der Waals surface area contributed by atoms with E-state index in [0.717, 1.165) is 37.9 Å². The van der Waals surface area contributed by atoms with Crippen LogP contribution in [0, 0.1) is 11.8 Å².